The van der Waals surface area contributed by atoms with Crippen molar-refractivity contribution in [2.75, 3.05) is 0 Å². The number of hydrogen-bond donors (Lipinski definition) is 0. The summed E-state index contributed by atoms with van der Waals surface area (Å²) in [5, 5.41) is 10.4. The molecule has 0 unspecified atom stereocenters. The summed E-state index contributed by atoms with van der Waals surface area (Å²) in [6, 6.07) is 49.1. The van der Waals surface area contributed by atoms with Crippen molar-refractivity contribution in [2.45, 2.75) is 12.8 Å². The Hall–Kier alpha value is -4.94. The van der Waals surface area contributed by atoms with Gasteiger partial charge < -0.3 is 0 Å². The quantitative estimate of drug-likeness (QED) is 0.209. The lowest BCUT2D eigenvalue weighted by molar-refractivity contribution is 1.12. The highest BCUT2D eigenvalue weighted by molar-refractivity contribution is 6.24. The van der Waals surface area contributed by atoms with E-state index in [2.05, 4.69) is 146 Å². The van der Waals surface area contributed by atoms with Gasteiger partial charge in [0.2, 0.25) is 0 Å². The minimum atomic E-state index is 1.10. The molecular formula is C40H28. The van der Waals surface area contributed by atoms with E-state index in [1.165, 1.54) is 76.1 Å². The van der Waals surface area contributed by atoms with E-state index < -0.39 is 0 Å². The molecule has 0 amide bonds. The van der Waals surface area contributed by atoms with E-state index in [0.29, 0.717) is 0 Å². The van der Waals surface area contributed by atoms with Crippen LogP contribution in [0, 0.1) is 0 Å². The van der Waals surface area contributed by atoms with Gasteiger partial charge >= 0.3 is 0 Å². The fourth-order valence-corrected chi connectivity index (χ4v) is 6.78. The minimum Gasteiger partial charge on any atom is -0.0763 e. The van der Waals surface area contributed by atoms with E-state index in [4.69, 9.17) is 0 Å². The average molecular weight is 509 g/mol. The third-order valence-corrected chi connectivity index (χ3v) is 8.50. The molecule has 0 fully saturated rings. The molecule has 0 radical (unpaired) electrons. The Morgan fingerprint density at radius 1 is 0.325 bits per heavy atom. The summed E-state index contributed by atoms with van der Waals surface area (Å²) in [6.45, 7) is 0. The zero-order valence-corrected chi connectivity index (χ0v) is 22.3. The summed E-state index contributed by atoms with van der Waals surface area (Å²) in [5.74, 6) is 0. The predicted molar refractivity (Wildman–Crippen MR) is 173 cm³/mol. The van der Waals surface area contributed by atoms with E-state index in [1.54, 1.807) is 0 Å². The van der Waals surface area contributed by atoms with Crippen molar-refractivity contribution < 1.29 is 0 Å². The standard InChI is InChI=1S/C40H28/c1-3-17-29-27(13-1)15-11-25-31(29)32-19-5-6-20-34(32)40-37-23-9-7-21-35(37)39(36-22-8-10-24-38(36)40)33-26-12-16-28-14-2-4-18-30(28)33/h2,4-26H,1,3H2. The molecule has 0 saturated heterocycles. The van der Waals surface area contributed by atoms with Crippen LogP contribution in [0.4, 0.5) is 0 Å². The highest BCUT2D eigenvalue weighted by Gasteiger charge is 2.20. The maximum atomic E-state index is 2.42. The third kappa shape index (κ3) is 3.53. The maximum absolute atomic E-state index is 2.42. The summed E-state index contributed by atoms with van der Waals surface area (Å²) in [7, 11) is 0. The maximum Gasteiger partial charge on any atom is -0.00201 e. The van der Waals surface area contributed by atoms with Crippen LogP contribution in [0.25, 0.3) is 77.9 Å². The van der Waals surface area contributed by atoms with Gasteiger partial charge in [-0.2, -0.15) is 0 Å². The molecule has 8 rings (SSSR count). The average Bonchev–Trinajstić information content (AvgIpc) is 3.03. The van der Waals surface area contributed by atoms with Crippen LogP contribution in [-0.2, 0) is 0 Å². The Labute approximate surface area is 234 Å². The summed E-state index contributed by atoms with van der Waals surface area (Å²) in [5.41, 5.74) is 7.79. The molecule has 7 aromatic rings. The first kappa shape index (κ1) is 23.0. The van der Waals surface area contributed by atoms with Gasteiger partial charge in [-0.1, -0.05) is 146 Å². The number of hydrogen-bond acceptors (Lipinski definition) is 0. The van der Waals surface area contributed by atoms with Gasteiger partial charge in [0.05, 0.1) is 0 Å². The summed E-state index contributed by atoms with van der Waals surface area (Å²) in [4.78, 5) is 0. The highest BCUT2D eigenvalue weighted by Crippen LogP contribution is 2.46. The predicted octanol–water partition coefficient (Wildman–Crippen LogP) is 9.50. The fourth-order valence-electron chi connectivity index (χ4n) is 6.78. The molecule has 0 spiro atoms. The largest absolute Gasteiger partial charge is 0.0763 e. The van der Waals surface area contributed by atoms with Gasteiger partial charge in [-0.25, -0.2) is 0 Å². The van der Waals surface area contributed by atoms with Crippen LogP contribution in [0.2, 0.25) is 0 Å². The van der Waals surface area contributed by atoms with Crippen LogP contribution in [0.5, 0.6) is 0 Å². The first-order chi connectivity index (χ1) is 19.9. The fraction of sp³-hybridized carbons (Fsp3) is 0.0500. The zero-order chi connectivity index (χ0) is 26.5. The van der Waals surface area contributed by atoms with Crippen LogP contribution < -0.4 is 10.4 Å². The van der Waals surface area contributed by atoms with E-state index in [9.17, 15) is 0 Å². The van der Waals surface area contributed by atoms with E-state index in [0.717, 1.165) is 12.8 Å². The van der Waals surface area contributed by atoms with Crippen LogP contribution in [0.15, 0.2) is 133 Å². The van der Waals surface area contributed by atoms with Crippen molar-refractivity contribution in [2.24, 2.45) is 0 Å². The van der Waals surface area contributed by atoms with Gasteiger partial charge in [-0.05, 0) is 89.0 Å². The van der Waals surface area contributed by atoms with Crippen LogP contribution in [0.3, 0.4) is 0 Å². The van der Waals surface area contributed by atoms with Crippen LogP contribution in [-0.4, -0.2) is 0 Å². The molecule has 0 aliphatic heterocycles. The van der Waals surface area contributed by atoms with Gasteiger partial charge in [-0.15, -0.1) is 0 Å². The van der Waals surface area contributed by atoms with Crippen molar-refractivity contribution in [3.05, 3.63) is 144 Å². The Balaban J connectivity index is 1.52. The normalized spacial score (nSPS) is 12.7. The van der Waals surface area contributed by atoms with E-state index >= 15 is 0 Å². The first-order valence-corrected chi connectivity index (χ1v) is 14.2. The highest BCUT2D eigenvalue weighted by atomic mass is 14.2. The second kappa shape index (κ2) is 9.36. The van der Waals surface area contributed by atoms with Gasteiger partial charge in [0.15, 0.2) is 0 Å². The monoisotopic (exact) mass is 508 g/mol. The van der Waals surface area contributed by atoms with Gasteiger partial charge in [0.25, 0.3) is 0 Å². The van der Waals surface area contributed by atoms with Gasteiger partial charge in [-0.3, -0.25) is 0 Å². The van der Waals surface area contributed by atoms with Crippen molar-refractivity contribution in [3.8, 4) is 33.4 Å². The molecule has 0 saturated carbocycles. The summed E-state index contributed by atoms with van der Waals surface area (Å²) >= 11 is 0. The van der Waals surface area contributed by atoms with Crippen LogP contribution >= 0.6 is 0 Å². The molecule has 0 atom stereocenters. The van der Waals surface area contributed by atoms with Crippen molar-refractivity contribution in [1.29, 1.82) is 0 Å². The molecule has 7 aromatic carbocycles. The summed E-state index contributed by atoms with van der Waals surface area (Å²) < 4.78 is 0. The Kier molecular flexibility index (Phi) is 5.38. The second-order valence-corrected chi connectivity index (χ2v) is 10.7. The van der Waals surface area contributed by atoms with Gasteiger partial charge in [0.1, 0.15) is 0 Å². The molecule has 188 valence electrons. The smallest absolute Gasteiger partial charge is 0.00201 e. The zero-order valence-electron chi connectivity index (χ0n) is 22.3. The molecule has 40 heavy (non-hydrogen) atoms. The van der Waals surface area contributed by atoms with Crippen molar-refractivity contribution in [3.63, 3.8) is 0 Å². The van der Waals surface area contributed by atoms with Crippen molar-refractivity contribution >= 4 is 44.5 Å². The van der Waals surface area contributed by atoms with Gasteiger partial charge in [0, 0.05) is 0 Å². The van der Waals surface area contributed by atoms with Crippen molar-refractivity contribution in [1.82, 2.24) is 0 Å². The lowest BCUT2D eigenvalue weighted by Gasteiger charge is -2.20. The second-order valence-electron chi connectivity index (χ2n) is 10.7. The Morgan fingerprint density at radius 3 is 1.52 bits per heavy atom. The van der Waals surface area contributed by atoms with Crippen LogP contribution in [0.1, 0.15) is 12.8 Å². The molecule has 0 bridgehead atoms. The lowest BCUT2D eigenvalue weighted by atomic mass is 9.82. The molecule has 0 heteroatoms. The van der Waals surface area contributed by atoms with E-state index in [1.807, 2.05) is 0 Å². The molecule has 0 nitrogen and oxygen atoms in total. The van der Waals surface area contributed by atoms with E-state index in [-0.39, 0.29) is 0 Å². The lowest BCUT2D eigenvalue weighted by Crippen LogP contribution is -2.28. The number of rotatable bonds is 3. The number of benzene rings is 7. The first-order valence-electron chi connectivity index (χ1n) is 14.2. The molecular weight excluding hydrogens is 480 g/mol. The molecule has 0 N–H and O–H groups in total. The molecule has 1 aliphatic rings. The Morgan fingerprint density at radius 2 is 0.800 bits per heavy atom. The minimum absolute atomic E-state index is 1.10. The third-order valence-electron chi connectivity index (χ3n) is 8.50. The SMILES string of the molecule is C1=c2cccc(-c3ccccc3-c3c4ccccc4c(-c4cccc5ccccc45)c4ccccc34)c2=CCC1. The topological polar surface area (TPSA) is 0 Å². The summed E-state index contributed by atoms with van der Waals surface area (Å²) in [6.07, 6.45) is 7.01. The Bertz CT molecular complexity index is 2150. The molecule has 0 heterocycles. The molecule has 1 aliphatic carbocycles. The molecule has 0 aromatic heterocycles. The number of fused-ring (bicyclic) bond motifs is 4.